The van der Waals surface area contributed by atoms with Gasteiger partial charge in [0.05, 0.1) is 0 Å². The molecule has 3 atom stereocenters. The number of hydrogen-bond donors (Lipinski definition) is 2. The highest BCUT2D eigenvalue weighted by Crippen LogP contribution is 2.38. The van der Waals surface area contributed by atoms with Crippen LogP contribution in [0.4, 0.5) is 0 Å². The van der Waals surface area contributed by atoms with E-state index in [9.17, 15) is 0 Å². The summed E-state index contributed by atoms with van der Waals surface area (Å²) in [6, 6.07) is 13.3. The van der Waals surface area contributed by atoms with E-state index in [4.69, 9.17) is 5.73 Å². The van der Waals surface area contributed by atoms with Crippen LogP contribution in [-0.4, -0.2) is 4.98 Å². The van der Waals surface area contributed by atoms with Gasteiger partial charge in [-0.1, -0.05) is 30.3 Å². The zero-order valence-electron chi connectivity index (χ0n) is 11.1. The molecule has 19 heavy (non-hydrogen) atoms. The quantitative estimate of drug-likeness (QED) is 0.884. The molecule has 0 bridgehead atoms. The highest BCUT2D eigenvalue weighted by Gasteiger charge is 2.28. The van der Waals surface area contributed by atoms with Crippen molar-refractivity contribution in [3.8, 4) is 0 Å². The van der Waals surface area contributed by atoms with Crippen molar-refractivity contribution in [2.45, 2.75) is 31.5 Å². The molecule has 0 saturated heterocycles. The van der Waals surface area contributed by atoms with Gasteiger partial charge in [-0.05, 0) is 36.1 Å². The van der Waals surface area contributed by atoms with E-state index in [0.717, 1.165) is 6.42 Å². The average molecular weight is 253 g/mol. The Morgan fingerprint density at radius 1 is 1.21 bits per heavy atom. The smallest absolute Gasteiger partial charge is 0.0347 e. The number of fused-ring (bicyclic) bond motifs is 1. The Balaban J connectivity index is 1.79. The van der Waals surface area contributed by atoms with Crippen LogP contribution < -0.4 is 11.1 Å². The highest BCUT2D eigenvalue weighted by atomic mass is 15.0. The van der Waals surface area contributed by atoms with E-state index in [1.54, 1.807) is 6.20 Å². The lowest BCUT2D eigenvalue weighted by molar-refractivity contribution is 0.445. The molecule has 0 aliphatic heterocycles. The molecule has 3 nitrogen and oxygen atoms in total. The Hall–Kier alpha value is -1.71. The van der Waals surface area contributed by atoms with Gasteiger partial charge in [0.15, 0.2) is 0 Å². The van der Waals surface area contributed by atoms with Crippen molar-refractivity contribution in [2.75, 3.05) is 0 Å². The van der Waals surface area contributed by atoms with Crippen LogP contribution in [0.5, 0.6) is 0 Å². The molecule has 98 valence electrons. The summed E-state index contributed by atoms with van der Waals surface area (Å²) in [7, 11) is 0. The fourth-order valence-corrected chi connectivity index (χ4v) is 2.86. The molecule has 1 aromatic carbocycles. The zero-order valence-corrected chi connectivity index (χ0v) is 11.1. The van der Waals surface area contributed by atoms with E-state index in [1.807, 2.05) is 12.3 Å². The molecule has 0 saturated carbocycles. The third-order valence-electron chi connectivity index (χ3n) is 3.90. The first-order valence-corrected chi connectivity index (χ1v) is 6.76. The monoisotopic (exact) mass is 253 g/mol. The second-order valence-electron chi connectivity index (χ2n) is 5.20. The predicted octanol–water partition coefficient (Wildman–Crippen LogP) is 2.88. The fourth-order valence-electron chi connectivity index (χ4n) is 2.86. The van der Waals surface area contributed by atoms with Crippen LogP contribution in [-0.2, 0) is 0 Å². The number of hydrogen-bond acceptors (Lipinski definition) is 3. The van der Waals surface area contributed by atoms with Gasteiger partial charge in [-0.15, -0.1) is 0 Å². The van der Waals surface area contributed by atoms with Crippen LogP contribution in [0.3, 0.4) is 0 Å². The predicted molar refractivity (Wildman–Crippen MR) is 76.5 cm³/mol. The maximum Gasteiger partial charge on any atom is 0.0347 e. The number of nitrogens with two attached hydrogens (primary N) is 1. The number of nitrogens with one attached hydrogen (secondary N) is 1. The lowest BCUT2D eigenvalue weighted by Crippen LogP contribution is -2.23. The Morgan fingerprint density at radius 2 is 2.00 bits per heavy atom. The molecule has 1 aliphatic carbocycles. The molecule has 0 amide bonds. The Kier molecular flexibility index (Phi) is 3.32. The molecule has 3 rings (SSSR count). The number of pyridine rings is 1. The SMILES string of the molecule is C[C@@H](NC1CC(N)c2ccccc21)c1cccnc1. The van der Waals surface area contributed by atoms with Gasteiger partial charge in [0.25, 0.3) is 0 Å². The number of benzene rings is 1. The van der Waals surface area contributed by atoms with Gasteiger partial charge in [0.1, 0.15) is 0 Å². The third-order valence-corrected chi connectivity index (χ3v) is 3.90. The van der Waals surface area contributed by atoms with Gasteiger partial charge in [-0.2, -0.15) is 0 Å². The lowest BCUT2D eigenvalue weighted by Gasteiger charge is -2.20. The topological polar surface area (TPSA) is 50.9 Å². The Bertz CT molecular complexity index is 553. The molecule has 2 unspecified atom stereocenters. The summed E-state index contributed by atoms with van der Waals surface area (Å²) in [6.07, 6.45) is 4.68. The highest BCUT2D eigenvalue weighted by molar-refractivity contribution is 5.37. The number of aromatic nitrogens is 1. The third kappa shape index (κ3) is 2.39. The molecule has 1 aromatic heterocycles. The van der Waals surface area contributed by atoms with Gasteiger partial charge in [-0.25, -0.2) is 0 Å². The first kappa shape index (κ1) is 12.3. The van der Waals surface area contributed by atoms with Gasteiger partial charge in [0, 0.05) is 30.5 Å². The van der Waals surface area contributed by atoms with E-state index in [1.165, 1.54) is 16.7 Å². The molecule has 0 spiro atoms. The summed E-state index contributed by atoms with van der Waals surface area (Å²) in [4.78, 5) is 4.17. The molecular weight excluding hydrogens is 234 g/mol. The van der Waals surface area contributed by atoms with Crippen molar-refractivity contribution in [1.82, 2.24) is 10.3 Å². The van der Waals surface area contributed by atoms with Crippen LogP contribution >= 0.6 is 0 Å². The molecule has 2 aromatic rings. The fraction of sp³-hybridized carbons (Fsp3) is 0.312. The largest absolute Gasteiger partial charge is 0.324 e. The summed E-state index contributed by atoms with van der Waals surface area (Å²) in [5.74, 6) is 0. The molecule has 1 aliphatic rings. The van der Waals surface area contributed by atoms with Crippen molar-refractivity contribution >= 4 is 0 Å². The summed E-state index contributed by atoms with van der Waals surface area (Å²) in [5, 5.41) is 3.66. The van der Waals surface area contributed by atoms with E-state index >= 15 is 0 Å². The van der Waals surface area contributed by atoms with Crippen LogP contribution in [0.25, 0.3) is 0 Å². The molecule has 0 fully saturated rings. The standard InChI is InChI=1S/C16H19N3/c1-11(12-5-4-8-18-10-12)19-16-9-15(17)13-6-2-3-7-14(13)16/h2-8,10-11,15-16,19H,9,17H2,1H3/t11-,15?,16?/m1/s1. The molecule has 3 N–H and O–H groups in total. The van der Waals surface area contributed by atoms with Crippen molar-refractivity contribution in [3.63, 3.8) is 0 Å². The van der Waals surface area contributed by atoms with Crippen molar-refractivity contribution in [1.29, 1.82) is 0 Å². The maximum atomic E-state index is 6.20. The van der Waals surface area contributed by atoms with Gasteiger partial charge < -0.3 is 11.1 Å². The van der Waals surface area contributed by atoms with E-state index < -0.39 is 0 Å². The molecule has 3 heteroatoms. The Labute approximate surface area is 113 Å². The first-order valence-electron chi connectivity index (χ1n) is 6.76. The average Bonchev–Trinajstić information content (AvgIpc) is 2.77. The number of rotatable bonds is 3. The Morgan fingerprint density at radius 3 is 2.74 bits per heavy atom. The minimum Gasteiger partial charge on any atom is -0.324 e. The van der Waals surface area contributed by atoms with Crippen LogP contribution in [0.2, 0.25) is 0 Å². The maximum absolute atomic E-state index is 6.20. The lowest BCUT2D eigenvalue weighted by atomic mass is 10.1. The van der Waals surface area contributed by atoms with Gasteiger partial charge in [0.2, 0.25) is 0 Å². The zero-order chi connectivity index (χ0) is 13.2. The van der Waals surface area contributed by atoms with Crippen molar-refractivity contribution < 1.29 is 0 Å². The summed E-state index contributed by atoms with van der Waals surface area (Å²) in [5.41, 5.74) is 10.0. The van der Waals surface area contributed by atoms with Crippen LogP contribution in [0, 0.1) is 0 Å². The molecular formula is C16H19N3. The van der Waals surface area contributed by atoms with Crippen molar-refractivity contribution in [3.05, 3.63) is 65.5 Å². The second kappa shape index (κ2) is 5.11. The summed E-state index contributed by atoms with van der Waals surface area (Å²) < 4.78 is 0. The second-order valence-corrected chi connectivity index (χ2v) is 5.20. The number of nitrogens with zero attached hydrogens (tertiary/aromatic N) is 1. The van der Waals surface area contributed by atoms with E-state index in [2.05, 4.69) is 47.6 Å². The summed E-state index contributed by atoms with van der Waals surface area (Å²) >= 11 is 0. The normalized spacial score (nSPS) is 23.1. The summed E-state index contributed by atoms with van der Waals surface area (Å²) in [6.45, 7) is 2.17. The minimum atomic E-state index is 0.148. The molecule has 1 heterocycles. The minimum absolute atomic E-state index is 0.148. The molecule has 0 radical (unpaired) electrons. The van der Waals surface area contributed by atoms with Crippen LogP contribution in [0.15, 0.2) is 48.8 Å². The first-order chi connectivity index (χ1) is 9.25. The van der Waals surface area contributed by atoms with Crippen molar-refractivity contribution in [2.24, 2.45) is 5.73 Å². The van der Waals surface area contributed by atoms with E-state index in [-0.39, 0.29) is 12.1 Å². The van der Waals surface area contributed by atoms with Gasteiger partial charge in [-0.3, -0.25) is 4.98 Å². The van der Waals surface area contributed by atoms with E-state index in [0.29, 0.717) is 6.04 Å². The van der Waals surface area contributed by atoms with Gasteiger partial charge >= 0.3 is 0 Å². The van der Waals surface area contributed by atoms with Crippen LogP contribution in [0.1, 0.15) is 48.2 Å².